The van der Waals surface area contributed by atoms with Crippen LogP contribution < -0.4 is 10.1 Å². The van der Waals surface area contributed by atoms with Gasteiger partial charge in [-0.25, -0.2) is 0 Å². The van der Waals surface area contributed by atoms with E-state index in [0.717, 1.165) is 19.4 Å². The van der Waals surface area contributed by atoms with Gasteiger partial charge in [0, 0.05) is 7.05 Å². The van der Waals surface area contributed by atoms with Crippen molar-refractivity contribution in [3.8, 4) is 5.75 Å². The standard InChI is InChI=1S/C15H20N2O3/c1-16-15(19)12-7-5-9-17(12)10-13(18)11-6-3-4-8-14(11)20-2/h3-4,6,8,12H,5,7,9-10H2,1-2H3,(H,16,19). The highest BCUT2D eigenvalue weighted by Gasteiger charge is 2.31. The monoisotopic (exact) mass is 276 g/mol. The second-order valence-electron chi connectivity index (χ2n) is 4.87. The molecule has 0 aromatic heterocycles. The summed E-state index contributed by atoms with van der Waals surface area (Å²) < 4.78 is 5.21. The van der Waals surface area contributed by atoms with Gasteiger partial charge in [0.1, 0.15) is 5.75 Å². The Bertz CT molecular complexity index is 502. The maximum absolute atomic E-state index is 12.4. The number of ketones is 1. The molecule has 1 saturated heterocycles. The Balaban J connectivity index is 2.09. The van der Waals surface area contributed by atoms with Crippen LogP contribution in [-0.4, -0.2) is 49.9 Å². The van der Waals surface area contributed by atoms with Gasteiger partial charge in [0.05, 0.1) is 25.3 Å². The summed E-state index contributed by atoms with van der Waals surface area (Å²) in [6, 6.07) is 6.98. The highest BCUT2D eigenvalue weighted by Crippen LogP contribution is 2.21. The number of para-hydroxylation sites is 1. The lowest BCUT2D eigenvalue weighted by Crippen LogP contribution is -2.44. The molecule has 0 aliphatic carbocycles. The first kappa shape index (κ1) is 14.5. The summed E-state index contributed by atoms with van der Waals surface area (Å²) in [5.41, 5.74) is 0.567. The Morgan fingerprint density at radius 1 is 1.40 bits per heavy atom. The van der Waals surface area contributed by atoms with Crippen LogP contribution in [-0.2, 0) is 4.79 Å². The molecular formula is C15H20N2O3. The number of methoxy groups -OCH3 is 1. The summed E-state index contributed by atoms with van der Waals surface area (Å²) in [6.45, 7) is 1.03. The number of likely N-dealkylation sites (N-methyl/N-ethyl adjacent to an activating group) is 1. The first-order valence-corrected chi connectivity index (χ1v) is 6.79. The summed E-state index contributed by atoms with van der Waals surface area (Å²) in [5.74, 6) is 0.543. The van der Waals surface area contributed by atoms with Crippen LogP contribution >= 0.6 is 0 Å². The lowest BCUT2D eigenvalue weighted by Gasteiger charge is -2.22. The van der Waals surface area contributed by atoms with Gasteiger partial charge in [-0.3, -0.25) is 14.5 Å². The Morgan fingerprint density at radius 2 is 2.15 bits per heavy atom. The number of hydrogen-bond acceptors (Lipinski definition) is 4. The van der Waals surface area contributed by atoms with Crippen LogP contribution in [0, 0.1) is 0 Å². The molecule has 1 amide bonds. The fourth-order valence-corrected chi connectivity index (χ4v) is 2.62. The van der Waals surface area contributed by atoms with E-state index in [9.17, 15) is 9.59 Å². The first-order chi connectivity index (χ1) is 9.67. The molecule has 5 nitrogen and oxygen atoms in total. The summed E-state index contributed by atoms with van der Waals surface area (Å²) in [4.78, 5) is 26.1. The van der Waals surface area contributed by atoms with Crippen LogP contribution in [0.4, 0.5) is 0 Å². The Morgan fingerprint density at radius 3 is 2.85 bits per heavy atom. The van der Waals surface area contributed by atoms with Gasteiger partial charge < -0.3 is 10.1 Å². The maximum atomic E-state index is 12.4. The smallest absolute Gasteiger partial charge is 0.237 e. The zero-order valence-electron chi connectivity index (χ0n) is 11.9. The molecule has 2 rings (SSSR count). The quantitative estimate of drug-likeness (QED) is 0.818. The van der Waals surface area contributed by atoms with E-state index < -0.39 is 0 Å². The van der Waals surface area contributed by atoms with Crippen LogP contribution in [0.1, 0.15) is 23.2 Å². The van der Waals surface area contributed by atoms with Gasteiger partial charge in [-0.05, 0) is 31.5 Å². The van der Waals surface area contributed by atoms with Gasteiger partial charge in [-0.15, -0.1) is 0 Å². The lowest BCUT2D eigenvalue weighted by molar-refractivity contribution is -0.124. The van der Waals surface area contributed by atoms with Crippen LogP contribution in [0.3, 0.4) is 0 Å². The molecule has 1 unspecified atom stereocenters. The van der Waals surface area contributed by atoms with Crippen molar-refractivity contribution in [1.29, 1.82) is 0 Å². The van der Waals surface area contributed by atoms with Crippen LogP contribution in [0.25, 0.3) is 0 Å². The number of Topliss-reactive ketones (excluding diaryl/α,β-unsaturated/α-hetero) is 1. The SMILES string of the molecule is CNC(=O)C1CCCN1CC(=O)c1ccccc1OC. The Kier molecular flexibility index (Phi) is 4.74. The molecule has 1 heterocycles. The molecule has 0 bridgehead atoms. The molecule has 1 aromatic carbocycles. The van der Waals surface area contributed by atoms with E-state index in [1.165, 1.54) is 0 Å². The van der Waals surface area contributed by atoms with Crippen molar-refractivity contribution in [2.24, 2.45) is 0 Å². The van der Waals surface area contributed by atoms with E-state index >= 15 is 0 Å². The topological polar surface area (TPSA) is 58.6 Å². The Labute approximate surface area is 118 Å². The van der Waals surface area contributed by atoms with E-state index in [0.29, 0.717) is 11.3 Å². The van der Waals surface area contributed by atoms with Gasteiger partial charge in [-0.2, -0.15) is 0 Å². The van der Waals surface area contributed by atoms with Crippen molar-refractivity contribution < 1.29 is 14.3 Å². The van der Waals surface area contributed by atoms with Crippen molar-refractivity contribution in [2.45, 2.75) is 18.9 Å². The van der Waals surface area contributed by atoms with Gasteiger partial charge in [0.2, 0.25) is 5.91 Å². The molecule has 1 fully saturated rings. The van der Waals surface area contributed by atoms with Gasteiger partial charge in [0.25, 0.3) is 0 Å². The van der Waals surface area contributed by atoms with E-state index in [4.69, 9.17) is 4.74 Å². The normalized spacial score (nSPS) is 18.8. The largest absolute Gasteiger partial charge is 0.496 e. The van der Waals surface area contributed by atoms with Gasteiger partial charge >= 0.3 is 0 Å². The van der Waals surface area contributed by atoms with Gasteiger partial charge in [-0.1, -0.05) is 12.1 Å². The summed E-state index contributed by atoms with van der Waals surface area (Å²) in [6.07, 6.45) is 1.75. The van der Waals surface area contributed by atoms with Crippen LogP contribution in [0.2, 0.25) is 0 Å². The number of nitrogens with one attached hydrogen (secondary N) is 1. The lowest BCUT2D eigenvalue weighted by atomic mass is 10.1. The van der Waals surface area contributed by atoms with E-state index in [2.05, 4.69) is 5.32 Å². The van der Waals surface area contributed by atoms with E-state index in [1.807, 2.05) is 17.0 Å². The van der Waals surface area contributed by atoms with Crippen molar-refractivity contribution in [1.82, 2.24) is 10.2 Å². The second-order valence-corrected chi connectivity index (χ2v) is 4.87. The number of carbonyl (C=O) groups is 2. The summed E-state index contributed by atoms with van der Waals surface area (Å²) >= 11 is 0. The number of carbonyl (C=O) groups excluding carboxylic acids is 2. The highest BCUT2D eigenvalue weighted by molar-refractivity contribution is 6.00. The van der Waals surface area contributed by atoms with Crippen LogP contribution in [0.5, 0.6) is 5.75 Å². The van der Waals surface area contributed by atoms with Crippen molar-refractivity contribution in [3.63, 3.8) is 0 Å². The van der Waals surface area contributed by atoms with E-state index in [1.54, 1.807) is 26.3 Å². The summed E-state index contributed by atoms with van der Waals surface area (Å²) in [5, 5.41) is 2.66. The fraction of sp³-hybridized carbons (Fsp3) is 0.467. The average Bonchev–Trinajstić information content (AvgIpc) is 2.94. The molecule has 5 heteroatoms. The van der Waals surface area contributed by atoms with Crippen molar-refractivity contribution in [2.75, 3.05) is 27.2 Å². The molecule has 20 heavy (non-hydrogen) atoms. The molecule has 1 atom stereocenters. The third-order valence-corrected chi connectivity index (χ3v) is 3.67. The van der Waals surface area contributed by atoms with Gasteiger partial charge in [0.15, 0.2) is 5.78 Å². The average molecular weight is 276 g/mol. The Hall–Kier alpha value is -1.88. The van der Waals surface area contributed by atoms with Crippen LogP contribution in [0.15, 0.2) is 24.3 Å². The summed E-state index contributed by atoms with van der Waals surface area (Å²) in [7, 11) is 3.18. The predicted molar refractivity (Wildman–Crippen MR) is 76.0 cm³/mol. The minimum absolute atomic E-state index is 0.0155. The van der Waals surface area contributed by atoms with Crippen molar-refractivity contribution in [3.05, 3.63) is 29.8 Å². The van der Waals surface area contributed by atoms with E-state index in [-0.39, 0.29) is 24.3 Å². The minimum atomic E-state index is -0.196. The number of hydrogen-bond donors (Lipinski definition) is 1. The number of amides is 1. The maximum Gasteiger partial charge on any atom is 0.237 e. The molecular weight excluding hydrogens is 256 g/mol. The first-order valence-electron chi connectivity index (χ1n) is 6.79. The number of rotatable bonds is 5. The zero-order chi connectivity index (χ0) is 14.5. The number of nitrogens with zero attached hydrogens (tertiary/aromatic N) is 1. The second kappa shape index (κ2) is 6.52. The highest BCUT2D eigenvalue weighted by atomic mass is 16.5. The number of likely N-dealkylation sites (tertiary alicyclic amines) is 1. The predicted octanol–water partition coefficient (Wildman–Crippen LogP) is 1.09. The molecule has 1 aromatic rings. The molecule has 108 valence electrons. The molecule has 1 N–H and O–H groups in total. The zero-order valence-corrected chi connectivity index (χ0v) is 11.9. The molecule has 1 aliphatic heterocycles. The third kappa shape index (κ3) is 2.99. The third-order valence-electron chi connectivity index (χ3n) is 3.67. The molecule has 1 aliphatic rings. The number of ether oxygens (including phenoxy) is 1. The number of benzene rings is 1. The molecule has 0 spiro atoms. The fourth-order valence-electron chi connectivity index (χ4n) is 2.62. The minimum Gasteiger partial charge on any atom is -0.496 e. The van der Waals surface area contributed by atoms with Crippen molar-refractivity contribution >= 4 is 11.7 Å². The molecule has 0 saturated carbocycles. The molecule has 0 radical (unpaired) electrons.